The van der Waals surface area contributed by atoms with Gasteiger partial charge in [0, 0.05) is 0 Å². The van der Waals surface area contributed by atoms with Crippen molar-refractivity contribution in [3.8, 4) is 0 Å². The summed E-state index contributed by atoms with van der Waals surface area (Å²) < 4.78 is 27.0. The van der Waals surface area contributed by atoms with E-state index in [1.54, 1.807) is 0 Å². The first-order valence-electron chi connectivity index (χ1n) is 6.29. The van der Waals surface area contributed by atoms with Gasteiger partial charge in [0.2, 0.25) is 0 Å². The molecule has 1 N–H and O–H groups in total. The number of quaternary nitrogens is 1. The molecule has 5 heteroatoms. The van der Waals surface area contributed by atoms with Gasteiger partial charge in [-0.25, -0.2) is 0 Å². The van der Waals surface area contributed by atoms with Crippen molar-refractivity contribution in [2.75, 3.05) is 33.9 Å². The second-order valence-electron chi connectivity index (χ2n) is 5.51. The van der Waals surface area contributed by atoms with Crippen molar-refractivity contribution in [3.63, 3.8) is 0 Å². The van der Waals surface area contributed by atoms with E-state index in [1.807, 2.05) is 0 Å². The fourth-order valence-electron chi connectivity index (χ4n) is 1.37. The van der Waals surface area contributed by atoms with Crippen molar-refractivity contribution in [2.24, 2.45) is 0 Å². The number of hydrogen-bond acceptors (Lipinski definition) is 2. The van der Waals surface area contributed by atoms with Gasteiger partial charge in [0.15, 0.2) is 0 Å². The molecule has 0 heterocycles. The van der Waals surface area contributed by atoms with Gasteiger partial charge in [0.25, 0.3) is 10.1 Å². The topological polar surface area (TPSA) is 54.4 Å². The highest BCUT2D eigenvalue weighted by molar-refractivity contribution is 7.85. The summed E-state index contributed by atoms with van der Waals surface area (Å²) in [6.07, 6.45) is 9.19. The monoisotopic (exact) mass is 268 g/mol. The Kier molecular flexibility index (Phi) is 11.1. The van der Waals surface area contributed by atoms with Crippen molar-refractivity contribution in [2.45, 2.75) is 45.4 Å². The molecule has 0 atom stereocenters. The Morgan fingerprint density at radius 3 is 1.65 bits per heavy atom. The predicted molar refractivity (Wildman–Crippen MR) is 73.7 cm³/mol. The second-order valence-corrected chi connectivity index (χ2v) is 6.98. The minimum atomic E-state index is -3.67. The lowest BCUT2D eigenvalue weighted by atomic mass is 10.1. The van der Waals surface area contributed by atoms with Gasteiger partial charge in [-0.15, -0.1) is 0 Å². The summed E-state index contributed by atoms with van der Waals surface area (Å²) in [5.41, 5.74) is 0. The van der Waals surface area contributed by atoms with E-state index in [2.05, 4.69) is 28.1 Å². The minimum Gasteiger partial charge on any atom is -0.331 e. The van der Waals surface area contributed by atoms with Crippen LogP contribution in [0.2, 0.25) is 0 Å². The Morgan fingerprint density at radius 1 is 0.941 bits per heavy atom. The molecule has 106 valence electrons. The molecule has 0 unspecified atom stereocenters. The smallest absolute Gasteiger partial charge is 0.261 e. The standard InChI is InChI=1S/C11H26N.CH4O3S/c1-5-6-7-8-9-10-11-12(2,3)4;1-5(2,3)4/h5-11H2,1-4H3;1H3,(H,2,3,4)/q+1;. The number of nitrogens with zero attached hydrogens (tertiary/aromatic N) is 1. The van der Waals surface area contributed by atoms with E-state index in [9.17, 15) is 8.42 Å². The number of hydrogen-bond donors (Lipinski definition) is 1. The molecule has 0 fully saturated rings. The van der Waals surface area contributed by atoms with Crippen LogP contribution >= 0.6 is 0 Å². The largest absolute Gasteiger partial charge is 0.331 e. The summed E-state index contributed by atoms with van der Waals surface area (Å²) in [4.78, 5) is 0. The van der Waals surface area contributed by atoms with Gasteiger partial charge in [-0.2, -0.15) is 8.42 Å². The lowest BCUT2D eigenvalue weighted by Crippen LogP contribution is -2.35. The Hall–Kier alpha value is -0.130. The maximum Gasteiger partial charge on any atom is 0.261 e. The third-order valence-corrected chi connectivity index (χ3v) is 2.18. The second kappa shape index (κ2) is 9.85. The van der Waals surface area contributed by atoms with Gasteiger partial charge in [0.1, 0.15) is 0 Å². The van der Waals surface area contributed by atoms with Crippen LogP contribution in [0, 0.1) is 0 Å². The minimum absolute atomic E-state index is 0.715. The Balaban J connectivity index is 0. The van der Waals surface area contributed by atoms with Crippen molar-refractivity contribution in [1.82, 2.24) is 0 Å². The first-order chi connectivity index (χ1) is 7.56. The fourth-order valence-corrected chi connectivity index (χ4v) is 1.37. The summed E-state index contributed by atoms with van der Waals surface area (Å²) in [5, 5.41) is 0. The van der Waals surface area contributed by atoms with Crippen LogP contribution in [-0.4, -0.2) is 51.4 Å². The van der Waals surface area contributed by atoms with E-state index in [-0.39, 0.29) is 0 Å². The van der Waals surface area contributed by atoms with Crippen LogP contribution < -0.4 is 0 Å². The van der Waals surface area contributed by atoms with Crippen molar-refractivity contribution in [1.29, 1.82) is 0 Å². The summed E-state index contributed by atoms with van der Waals surface area (Å²) in [5.74, 6) is 0. The average molecular weight is 268 g/mol. The summed E-state index contributed by atoms with van der Waals surface area (Å²) in [7, 11) is 3.14. The van der Waals surface area contributed by atoms with Gasteiger partial charge in [-0.05, 0) is 12.8 Å². The zero-order valence-electron chi connectivity index (χ0n) is 12.1. The van der Waals surface area contributed by atoms with Crippen LogP contribution in [0.3, 0.4) is 0 Å². The van der Waals surface area contributed by atoms with Crippen molar-refractivity contribution < 1.29 is 17.5 Å². The molecule has 0 saturated carbocycles. The van der Waals surface area contributed by atoms with Gasteiger partial charge in [-0.3, -0.25) is 4.55 Å². The normalized spacial score (nSPS) is 11.9. The van der Waals surface area contributed by atoms with E-state index in [0.29, 0.717) is 6.26 Å². The van der Waals surface area contributed by atoms with E-state index in [1.165, 1.54) is 45.1 Å². The van der Waals surface area contributed by atoms with Gasteiger partial charge in [0.05, 0.1) is 33.9 Å². The molecule has 0 aromatic heterocycles. The van der Waals surface area contributed by atoms with Crippen LogP contribution in [0.4, 0.5) is 0 Å². The van der Waals surface area contributed by atoms with Crippen molar-refractivity contribution >= 4 is 10.1 Å². The van der Waals surface area contributed by atoms with Crippen molar-refractivity contribution in [3.05, 3.63) is 0 Å². The lowest BCUT2D eigenvalue weighted by molar-refractivity contribution is -0.870. The highest BCUT2D eigenvalue weighted by atomic mass is 32.2. The van der Waals surface area contributed by atoms with E-state index in [0.717, 1.165) is 4.48 Å². The Bertz CT molecular complexity index is 247. The van der Waals surface area contributed by atoms with Crippen LogP contribution in [0.15, 0.2) is 0 Å². The average Bonchev–Trinajstić information content (AvgIpc) is 2.06. The van der Waals surface area contributed by atoms with Gasteiger partial charge >= 0.3 is 0 Å². The summed E-state index contributed by atoms with van der Waals surface area (Å²) in [6.45, 7) is 3.60. The molecule has 0 radical (unpaired) electrons. The molecule has 0 rings (SSSR count). The van der Waals surface area contributed by atoms with E-state index < -0.39 is 10.1 Å². The third kappa shape index (κ3) is 38.8. The maximum absolute atomic E-state index is 9.19. The quantitative estimate of drug-likeness (QED) is 0.438. The zero-order valence-corrected chi connectivity index (χ0v) is 12.9. The van der Waals surface area contributed by atoms with E-state index >= 15 is 0 Å². The molecule has 0 saturated heterocycles. The number of rotatable bonds is 7. The predicted octanol–water partition coefficient (Wildman–Crippen LogP) is 2.56. The highest BCUT2D eigenvalue weighted by Crippen LogP contribution is 2.06. The Labute approximate surface area is 107 Å². The van der Waals surface area contributed by atoms with Gasteiger partial charge in [-0.1, -0.05) is 32.6 Å². The SMILES string of the molecule is CCCCCCCC[N+](C)(C)C.CS(=O)(=O)O. The lowest BCUT2D eigenvalue weighted by Gasteiger charge is -2.23. The summed E-state index contributed by atoms with van der Waals surface area (Å²) >= 11 is 0. The molecule has 4 nitrogen and oxygen atoms in total. The molecule has 0 aliphatic carbocycles. The van der Waals surface area contributed by atoms with Crippen LogP contribution in [0.25, 0.3) is 0 Å². The van der Waals surface area contributed by atoms with Crippen LogP contribution in [0.5, 0.6) is 0 Å². The molecular formula is C12H30NO3S+. The van der Waals surface area contributed by atoms with Crippen LogP contribution in [0.1, 0.15) is 45.4 Å². The first-order valence-corrected chi connectivity index (χ1v) is 8.14. The molecule has 0 aromatic rings. The molecule has 17 heavy (non-hydrogen) atoms. The molecule has 0 amide bonds. The third-order valence-electron chi connectivity index (χ3n) is 2.18. The van der Waals surface area contributed by atoms with Crippen LogP contribution in [-0.2, 0) is 10.1 Å². The number of unbranched alkanes of at least 4 members (excludes halogenated alkanes) is 5. The highest BCUT2D eigenvalue weighted by Gasteiger charge is 2.04. The zero-order chi connectivity index (χ0) is 13.9. The van der Waals surface area contributed by atoms with Gasteiger partial charge < -0.3 is 4.48 Å². The molecular weight excluding hydrogens is 238 g/mol. The Morgan fingerprint density at radius 2 is 1.29 bits per heavy atom. The maximum atomic E-state index is 9.19. The molecule has 0 spiro atoms. The molecule has 0 aliphatic rings. The molecule has 0 bridgehead atoms. The van der Waals surface area contributed by atoms with E-state index in [4.69, 9.17) is 4.55 Å². The molecule has 0 aromatic carbocycles. The fraction of sp³-hybridized carbons (Fsp3) is 1.00. The first kappa shape index (κ1) is 19.2. The molecule has 0 aliphatic heterocycles. The summed E-state index contributed by atoms with van der Waals surface area (Å²) in [6, 6.07) is 0.